The molecule has 21 heteroatoms. The van der Waals surface area contributed by atoms with Gasteiger partial charge in [0, 0.05) is 0 Å². The molecule has 0 spiro atoms. The zero-order valence-electron chi connectivity index (χ0n) is 14.1. The fraction of sp³-hybridized carbons (Fsp3) is 0.556. The van der Waals surface area contributed by atoms with E-state index in [1.165, 1.54) is 4.98 Å². The molecule has 2 heterocycles. The number of H-pyrrole nitrogens is 1. The van der Waals surface area contributed by atoms with Crippen molar-refractivity contribution in [2.75, 3.05) is 6.61 Å². The van der Waals surface area contributed by atoms with Crippen LogP contribution in [0.1, 0.15) is 6.23 Å². The van der Waals surface area contributed by atoms with Crippen molar-refractivity contribution in [2.24, 2.45) is 0 Å². The summed E-state index contributed by atoms with van der Waals surface area (Å²) in [7, 11) is -16.1. The molecule has 1 aliphatic rings. The molecule has 1 aromatic rings. The molecule has 17 nitrogen and oxygen atoms in total. The van der Waals surface area contributed by atoms with Gasteiger partial charge in [-0.25, -0.2) is 18.5 Å². The minimum atomic E-state index is -5.48. The fourth-order valence-electron chi connectivity index (χ4n) is 2.44. The summed E-state index contributed by atoms with van der Waals surface area (Å²) >= 11 is 0. The highest BCUT2D eigenvalue weighted by molar-refractivity contribution is 7.46. The van der Waals surface area contributed by atoms with Crippen LogP contribution in [-0.4, -0.2) is 63.8 Å². The second-order valence-electron chi connectivity index (χ2n) is 5.62. The van der Waals surface area contributed by atoms with E-state index in [0.717, 1.165) is 0 Å². The van der Waals surface area contributed by atoms with E-state index in [1.807, 2.05) is 0 Å². The zero-order chi connectivity index (χ0) is 23.1. The average Bonchev–Trinajstić information content (AvgIpc) is 2.82. The van der Waals surface area contributed by atoms with Gasteiger partial charge >= 0.3 is 29.2 Å². The molecule has 0 aromatic carbocycles. The number of phosphoric ester groups is 3. The number of phosphoric acid groups is 3. The number of aromatic nitrogens is 2. The summed E-state index contributed by atoms with van der Waals surface area (Å²) in [5, 5.41) is 0. The molecule has 0 unspecified atom stereocenters. The summed E-state index contributed by atoms with van der Waals surface area (Å²) in [6.07, 6.45) is -8.22. The minimum absolute atomic E-state index is 0.213. The van der Waals surface area contributed by atoms with Gasteiger partial charge in [0.2, 0.25) is 5.82 Å². The van der Waals surface area contributed by atoms with Crippen LogP contribution in [0.25, 0.3) is 0 Å². The first-order chi connectivity index (χ1) is 13.5. The van der Waals surface area contributed by atoms with E-state index in [2.05, 4.69) is 13.6 Å². The van der Waals surface area contributed by atoms with Gasteiger partial charge < -0.3 is 34.1 Å². The number of ether oxygens (including phenoxy) is 1. The lowest BCUT2D eigenvalue weighted by atomic mass is 10.1. The Morgan fingerprint density at radius 2 is 1.53 bits per heavy atom. The van der Waals surface area contributed by atoms with E-state index in [-0.39, 0.29) is 10.8 Å². The lowest BCUT2D eigenvalue weighted by Crippen LogP contribution is -2.40. The number of hydrogen-bond donors (Lipinski definition) is 7. The van der Waals surface area contributed by atoms with Gasteiger partial charge in [0.1, 0.15) is 18.3 Å². The topological polar surface area (TPSA) is 264 Å². The van der Waals surface area contributed by atoms with Crippen molar-refractivity contribution >= 4 is 23.5 Å². The van der Waals surface area contributed by atoms with Crippen LogP contribution in [0, 0.1) is 5.82 Å². The van der Waals surface area contributed by atoms with Crippen LogP contribution in [-0.2, 0) is 32.0 Å². The maximum atomic E-state index is 13.6. The van der Waals surface area contributed by atoms with E-state index in [4.69, 9.17) is 34.1 Å². The van der Waals surface area contributed by atoms with Gasteiger partial charge in [-0.05, 0) is 0 Å². The summed E-state index contributed by atoms with van der Waals surface area (Å²) in [4.78, 5) is 78.5. The van der Waals surface area contributed by atoms with Gasteiger partial charge in [0.05, 0.1) is 12.8 Å². The largest absolute Gasteiger partial charge is 0.470 e. The van der Waals surface area contributed by atoms with Gasteiger partial charge in [-0.2, -0.15) is 4.39 Å². The van der Waals surface area contributed by atoms with Crippen molar-refractivity contribution < 1.29 is 65.8 Å². The van der Waals surface area contributed by atoms with Crippen LogP contribution in [0.3, 0.4) is 0 Å². The minimum Gasteiger partial charge on any atom is -0.346 e. The van der Waals surface area contributed by atoms with Gasteiger partial charge in [0.25, 0.3) is 5.56 Å². The third kappa shape index (κ3) is 6.96. The highest BCUT2D eigenvalue weighted by Crippen LogP contribution is 2.50. The number of nitrogens with zero attached hydrogens (tertiary/aromatic N) is 1. The van der Waals surface area contributed by atoms with Crippen LogP contribution in [0.15, 0.2) is 15.8 Å². The van der Waals surface area contributed by atoms with Crippen LogP contribution in [0.5, 0.6) is 0 Å². The van der Waals surface area contributed by atoms with Crippen molar-refractivity contribution in [1.29, 1.82) is 0 Å². The Balaban J connectivity index is 2.55. The first-order valence-electron chi connectivity index (χ1n) is 7.31. The quantitative estimate of drug-likeness (QED) is 0.183. The molecule has 0 saturated carbocycles. The first-order valence-corrected chi connectivity index (χ1v) is 11.9. The number of hydrogen-bond acceptors (Lipinski definition) is 9. The zero-order valence-corrected chi connectivity index (χ0v) is 16.8. The van der Waals surface area contributed by atoms with E-state index in [1.54, 1.807) is 0 Å². The summed E-state index contributed by atoms with van der Waals surface area (Å²) < 4.78 is 65.2. The molecule has 2 rings (SSSR count). The van der Waals surface area contributed by atoms with Gasteiger partial charge in [-0.3, -0.25) is 27.9 Å². The molecule has 30 heavy (non-hydrogen) atoms. The monoisotopic (exact) mass is 502 g/mol. The summed E-state index contributed by atoms with van der Waals surface area (Å²) in [6, 6.07) is 0. The lowest BCUT2D eigenvalue weighted by Gasteiger charge is -2.25. The van der Waals surface area contributed by atoms with Gasteiger partial charge in [-0.15, -0.1) is 0 Å². The number of halogens is 1. The molecule has 1 aliphatic heterocycles. The van der Waals surface area contributed by atoms with Crippen molar-refractivity contribution in [2.45, 2.75) is 24.5 Å². The second kappa shape index (κ2) is 8.80. The molecular formula is C9H14FN2O15P3. The third-order valence-electron chi connectivity index (χ3n) is 3.41. The lowest BCUT2D eigenvalue weighted by molar-refractivity contribution is -0.0538. The first kappa shape index (κ1) is 25.2. The predicted octanol–water partition coefficient (Wildman–Crippen LogP) is -2.36. The number of aromatic amines is 1. The Kier molecular flexibility index (Phi) is 7.38. The van der Waals surface area contributed by atoms with Crippen LogP contribution in [0.4, 0.5) is 4.39 Å². The van der Waals surface area contributed by atoms with Gasteiger partial charge in [0.15, 0.2) is 6.23 Å². The molecule has 172 valence electrons. The Morgan fingerprint density at radius 3 is 2.03 bits per heavy atom. The normalized spacial score (nSPS) is 25.6. The van der Waals surface area contributed by atoms with E-state index in [0.29, 0.717) is 0 Å². The van der Waals surface area contributed by atoms with E-state index < -0.39 is 71.7 Å². The van der Waals surface area contributed by atoms with Crippen LogP contribution in [0.2, 0.25) is 0 Å². The summed E-state index contributed by atoms with van der Waals surface area (Å²) in [6.45, 7) is -1.17. The molecular weight excluding hydrogens is 488 g/mol. The van der Waals surface area contributed by atoms with E-state index >= 15 is 0 Å². The van der Waals surface area contributed by atoms with Crippen molar-refractivity contribution in [3.05, 3.63) is 32.9 Å². The Morgan fingerprint density at radius 1 is 1.00 bits per heavy atom. The SMILES string of the molecule is O=c1[nH]c(=O)n([C@@H]2O[C@H](COP(=O)(O)O)[C@@H](OP(=O)(O)O)[C@H]2OP(=O)(O)O)cc1F. The number of nitrogens with one attached hydrogen (secondary N) is 1. The molecule has 4 atom stereocenters. The number of rotatable bonds is 8. The molecule has 7 N–H and O–H groups in total. The van der Waals surface area contributed by atoms with Crippen LogP contribution < -0.4 is 11.2 Å². The summed E-state index contributed by atoms with van der Waals surface area (Å²) in [5.41, 5.74) is -2.86. The Bertz CT molecular complexity index is 1040. The van der Waals surface area contributed by atoms with E-state index in [9.17, 15) is 27.7 Å². The fourth-order valence-corrected chi connectivity index (χ4v) is 3.90. The van der Waals surface area contributed by atoms with Crippen LogP contribution >= 0.6 is 23.5 Å². The molecule has 0 amide bonds. The second-order valence-corrected chi connectivity index (χ2v) is 9.24. The molecule has 1 fully saturated rings. The van der Waals surface area contributed by atoms with Gasteiger partial charge in [-0.1, -0.05) is 0 Å². The van der Waals surface area contributed by atoms with Crippen molar-refractivity contribution in [3.63, 3.8) is 0 Å². The Labute approximate surface area is 163 Å². The smallest absolute Gasteiger partial charge is 0.346 e. The molecule has 0 aliphatic carbocycles. The molecule has 0 bridgehead atoms. The Hall–Kier alpha value is -1.10. The average molecular weight is 502 g/mol. The van der Waals surface area contributed by atoms with Crippen molar-refractivity contribution in [3.8, 4) is 0 Å². The third-order valence-corrected chi connectivity index (χ3v) is 4.93. The summed E-state index contributed by atoms with van der Waals surface area (Å²) in [5.74, 6) is -1.56. The highest BCUT2D eigenvalue weighted by Gasteiger charge is 2.53. The maximum absolute atomic E-state index is 13.6. The predicted molar refractivity (Wildman–Crippen MR) is 87.0 cm³/mol. The standard InChI is InChI=1S/C9H14FN2O15P3/c10-3-1-12(9(14)11-7(3)13)8-6(27-30(21,22)23)5(26-29(18,19)20)4(25-8)2-24-28(15,16)17/h1,4-6,8H,2H2,(H,11,13,14)(H2,15,16,17)(H2,18,19,20)(H2,21,22,23)/t4-,5-,6-,8-/m1/s1. The van der Waals surface area contributed by atoms with Crippen molar-refractivity contribution in [1.82, 2.24) is 9.55 Å². The molecule has 1 saturated heterocycles. The maximum Gasteiger partial charge on any atom is 0.470 e. The molecule has 0 radical (unpaired) electrons. The molecule has 1 aromatic heterocycles. The highest BCUT2D eigenvalue weighted by atomic mass is 31.2.